The molecule has 50 valence electrons. The maximum atomic E-state index is 5.67. The molecule has 0 aromatic carbocycles. The lowest BCUT2D eigenvalue weighted by Crippen LogP contribution is -2.00. The van der Waals surface area contributed by atoms with Gasteiger partial charge >= 0.3 is 0 Å². The first-order valence-corrected chi connectivity index (χ1v) is 3.96. The van der Waals surface area contributed by atoms with Crippen LogP contribution in [0, 0.1) is 0 Å². The summed E-state index contributed by atoms with van der Waals surface area (Å²) in [5.74, 6) is 0. The molecule has 0 radical (unpaired) electrons. The van der Waals surface area contributed by atoms with Gasteiger partial charge in [0.15, 0.2) is 0 Å². The molecule has 1 heterocycles. The minimum absolute atomic E-state index is 0.705. The Morgan fingerprint density at radius 3 is 2.78 bits per heavy atom. The van der Waals surface area contributed by atoms with Crippen molar-refractivity contribution in [1.29, 1.82) is 0 Å². The Morgan fingerprint density at radius 2 is 2.33 bits per heavy atom. The summed E-state index contributed by atoms with van der Waals surface area (Å²) in [5.41, 5.74) is 5.33. The van der Waals surface area contributed by atoms with Crippen molar-refractivity contribution < 1.29 is 0 Å². The van der Waals surface area contributed by atoms with Gasteiger partial charge in [0, 0.05) is 4.88 Å². The third-order valence-corrected chi connectivity index (χ3v) is 2.31. The first-order valence-electron chi connectivity index (χ1n) is 2.77. The predicted octanol–water partition coefficient (Wildman–Crippen LogP) is 1.90. The second kappa shape index (κ2) is 3.20. The van der Waals surface area contributed by atoms with Crippen LogP contribution in [0.2, 0.25) is 4.34 Å². The summed E-state index contributed by atoms with van der Waals surface area (Å²) in [6.45, 7) is 0.705. The lowest BCUT2D eigenvalue weighted by Gasteiger charge is -1.86. The van der Waals surface area contributed by atoms with Gasteiger partial charge in [-0.2, -0.15) is 0 Å². The molecule has 1 nitrogen and oxygen atoms in total. The summed E-state index contributed by atoms with van der Waals surface area (Å²) in [5, 5.41) is 0. The van der Waals surface area contributed by atoms with E-state index in [0.29, 0.717) is 6.54 Å². The molecule has 0 saturated carbocycles. The van der Waals surface area contributed by atoms with Crippen LogP contribution in [0.4, 0.5) is 0 Å². The molecule has 0 fully saturated rings. The highest BCUT2D eigenvalue weighted by molar-refractivity contribution is 7.16. The van der Waals surface area contributed by atoms with Gasteiger partial charge < -0.3 is 5.73 Å². The summed E-state index contributed by atoms with van der Waals surface area (Å²) in [6, 6.07) is 3.91. The first-order chi connectivity index (χ1) is 4.33. The Balaban J connectivity index is 2.61. The van der Waals surface area contributed by atoms with Gasteiger partial charge in [-0.25, -0.2) is 0 Å². The van der Waals surface area contributed by atoms with Gasteiger partial charge in [0.2, 0.25) is 0 Å². The van der Waals surface area contributed by atoms with E-state index in [9.17, 15) is 0 Å². The van der Waals surface area contributed by atoms with Crippen molar-refractivity contribution >= 4 is 22.9 Å². The highest BCUT2D eigenvalue weighted by Gasteiger charge is 1.94. The van der Waals surface area contributed by atoms with Crippen molar-refractivity contribution in [3.63, 3.8) is 0 Å². The molecule has 0 bridgehead atoms. The molecule has 0 aliphatic rings. The average Bonchev–Trinajstić information content (AvgIpc) is 2.17. The van der Waals surface area contributed by atoms with Gasteiger partial charge in [0.05, 0.1) is 4.34 Å². The highest BCUT2D eigenvalue weighted by atomic mass is 35.5. The van der Waals surface area contributed by atoms with Crippen LogP contribution in [-0.2, 0) is 6.42 Å². The van der Waals surface area contributed by atoms with Crippen LogP contribution < -0.4 is 5.73 Å². The zero-order chi connectivity index (χ0) is 6.69. The van der Waals surface area contributed by atoms with Crippen LogP contribution in [-0.4, -0.2) is 6.54 Å². The first kappa shape index (κ1) is 7.06. The van der Waals surface area contributed by atoms with Crippen LogP contribution in [0.1, 0.15) is 4.88 Å². The Bertz CT molecular complexity index is 185. The fraction of sp³-hybridized carbons (Fsp3) is 0.333. The highest BCUT2D eigenvalue weighted by Crippen LogP contribution is 2.21. The second-order valence-electron chi connectivity index (χ2n) is 1.74. The van der Waals surface area contributed by atoms with Crippen molar-refractivity contribution in [2.24, 2.45) is 5.73 Å². The fourth-order valence-electron chi connectivity index (χ4n) is 0.628. The van der Waals surface area contributed by atoms with Gasteiger partial charge in [-0.3, -0.25) is 0 Å². The van der Waals surface area contributed by atoms with E-state index in [1.165, 1.54) is 4.88 Å². The van der Waals surface area contributed by atoms with E-state index in [1.54, 1.807) is 11.3 Å². The standard InChI is InChI=1S/C6H8ClNS/c7-6-2-1-5(9-6)3-4-8/h1-2H,3-4,8H2. The molecule has 0 amide bonds. The van der Waals surface area contributed by atoms with Gasteiger partial charge in [0.25, 0.3) is 0 Å². The Morgan fingerprint density at radius 1 is 1.56 bits per heavy atom. The van der Waals surface area contributed by atoms with Crippen LogP contribution in [0.3, 0.4) is 0 Å². The summed E-state index contributed by atoms with van der Waals surface area (Å²) in [7, 11) is 0. The summed E-state index contributed by atoms with van der Waals surface area (Å²) in [6.07, 6.45) is 0.942. The lowest BCUT2D eigenvalue weighted by atomic mass is 10.3. The summed E-state index contributed by atoms with van der Waals surface area (Å²) >= 11 is 7.27. The average molecular weight is 162 g/mol. The minimum atomic E-state index is 0.705. The number of thiophene rings is 1. The zero-order valence-electron chi connectivity index (χ0n) is 4.93. The van der Waals surface area contributed by atoms with E-state index in [0.717, 1.165) is 10.8 Å². The SMILES string of the molecule is NCCc1ccc(Cl)s1. The normalized spacial score (nSPS) is 10.0. The molecule has 0 aliphatic carbocycles. The maximum Gasteiger partial charge on any atom is 0.0931 e. The van der Waals surface area contributed by atoms with E-state index in [-0.39, 0.29) is 0 Å². The van der Waals surface area contributed by atoms with Crippen molar-refractivity contribution in [1.82, 2.24) is 0 Å². The molecule has 2 N–H and O–H groups in total. The van der Waals surface area contributed by atoms with Crippen molar-refractivity contribution in [2.45, 2.75) is 6.42 Å². The quantitative estimate of drug-likeness (QED) is 0.705. The smallest absolute Gasteiger partial charge is 0.0931 e. The van der Waals surface area contributed by atoms with Crippen LogP contribution >= 0.6 is 22.9 Å². The number of nitrogens with two attached hydrogens (primary N) is 1. The molecule has 1 aromatic rings. The van der Waals surface area contributed by atoms with Crippen LogP contribution in [0.5, 0.6) is 0 Å². The van der Waals surface area contributed by atoms with E-state index in [4.69, 9.17) is 17.3 Å². The third-order valence-electron chi connectivity index (χ3n) is 1.02. The Kier molecular flexibility index (Phi) is 2.51. The molecule has 0 saturated heterocycles. The second-order valence-corrected chi connectivity index (χ2v) is 3.54. The number of hydrogen-bond acceptors (Lipinski definition) is 2. The zero-order valence-corrected chi connectivity index (χ0v) is 6.50. The third kappa shape index (κ3) is 1.97. The van der Waals surface area contributed by atoms with Crippen molar-refractivity contribution in [3.05, 3.63) is 21.3 Å². The molecule has 0 spiro atoms. The molecule has 1 rings (SSSR count). The molecule has 0 aliphatic heterocycles. The number of rotatable bonds is 2. The van der Waals surface area contributed by atoms with E-state index in [1.807, 2.05) is 12.1 Å². The monoisotopic (exact) mass is 161 g/mol. The molecule has 9 heavy (non-hydrogen) atoms. The van der Waals surface area contributed by atoms with Crippen LogP contribution in [0.15, 0.2) is 12.1 Å². The maximum absolute atomic E-state index is 5.67. The van der Waals surface area contributed by atoms with E-state index in [2.05, 4.69) is 0 Å². The molecular weight excluding hydrogens is 154 g/mol. The fourth-order valence-corrected chi connectivity index (χ4v) is 1.73. The molecule has 0 unspecified atom stereocenters. The van der Waals surface area contributed by atoms with E-state index < -0.39 is 0 Å². The van der Waals surface area contributed by atoms with Crippen molar-refractivity contribution in [3.8, 4) is 0 Å². The lowest BCUT2D eigenvalue weighted by molar-refractivity contribution is 0.989. The number of halogens is 1. The molecular formula is C6H8ClNS. The Labute approximate surface area is 63.4 Å². The molecule has 3 heteroatoms. The predicted molar refractivity (Wildman–Crippen MR) is 42.1 cm³/mol. The van der Waals surface area contributed by atoms with Gasteiger partial charge in [0.1, 0.15) is 0 Å². The summed E-state index contributed by atoms with van der Waals surface area (Å²) < 4.78 is 0.846. The van der Waals surface area contributed by atoms with Crippen LogP contribution in [0.25, 0.3) is 0 Å². The topological polar surface area (TPSA) is 26.0 Å². The Hall–Kier alpha value is -0.0500. The number of hydrogen-bond donors (Lipinski definition) is 1. The van der Waals surface area contributed by atoms with Gasteiger partial charge in [-0.15, -0.1) is 11.3 Å². The summed E-state index contributed by atoms with van der Waals surface area (Å²) in [4.78, 5) is 1.27. The largest absolute Gasteiger partial charge is 0.330 e. The molecule has 1 aromatic heterocycles. The van der Waals surface area contributed by atoms with Gasteiger partial charge in [-0.05, 0) is 25.1 Å². The molecule has 0 atom stereocenters. The van der Waals surface area contributed by atoms with Gasteiger partial charge in [-0.1, -0.05) is 11.6 Å². The minimum Gasteiger partial charge on any atom is -0.330 e. The van der Waals surface area contributed by atoms with E-state index >= 15 is 0 Å². The van der Waals surface area contributed by atoms with Crippen molar-refractivity contribution in [2.75, 3.05) is 6.54 Å².